The number of carbonyl (C=O) groups excluding carboxylic acids is 1. The minimum Gasteiger partial charge on any atom is -0.399 e. The molecule has 0 saturated heterocycles. The lowest BCUT2D eigenvalue weighted by Gasteiger charge is -2.00. The lowest BCUT2D eigenvalue weighted by molar-refractivity contribution is -0.116. The van der Waals surface area contributed by atoms with Crippen LogP contribution < -0.4 is 11.1 Å². The van der Waals surface area contributed by atoms with Gasteiger partial charge >= 0.3 is 0 Å². The molecule has 2 aromatic rings. The topological polar surface area (TPSA) is 55.1 Å². The summed E-state index contributed by atoms with van der Waals surface area (Å²) in [5.41, 5.74) is 8.79. The highest BCUT2D eigenvalue weighted by Gasteiger charge is 2.14. The Morgan fingerprint density at radius 3 is 2.86 bits per heavy atom. The van der Waals surface area contributed by atoms with Gasteiger partial charge in [-0.15, -0.1) is 11.3 Å². The highest BCUT2D eigenvalue weighted by molar-refractivity contribution is 7.12. The van der Waals surface area contributed by atoms with Crippen molar-refractivity contribution < 1.29 is 4.79 Å². The van der Waals surface area contributed by atoms with Crippen LogP contribution in [0.1, 0.15) is 27.3 Å². The third-order valence-corrected chi connectivity index (χ3v) is 4.84. The van der Waals surface area contributed by atoms with Crippen LogP contribution in [0.5, 0.6) is 0 Å². The number of hydrogen-bond acceptors (Lipinski definition) is 3. The minimum atomic E-state index is -0.0691. The molecule has 21 heavy (non-hydrogen) atoms. The molecule has 3 nitrogen and oxygen atoms in total. The smallest absolute Gasteiger partial charge is 0.244 e. The van der Waals surface area contributed by atoms with Gasteiger partial charge in [0.2, 0.25) is 5.91 Å². The minimum absolute atomic E-state index is 0.0691. The molecule has 1 aliphatic rings. The molecule has 0 saturated carbocycles. The Morgan fingerprint density at radius 1 is 1.29 bits per heavy atom. The largest absolute Gasteiger partial charge is 0.399 e. The number of hydrogen-bond donors (Lipinski definition) is 2. The number of anilines is 1. The molecule has 4 heteroatoms. The summed E-state index contributed by atoms with van der Waals surface area (Å²) in [6, 6.07) is 9.67. The van der Waals surface area contributed by atoms with Crippen LogP contribution in [0.4, 0.5) is 5.69 Å². The van der Waals surface area contributed by atoms with Gasteiger partial charge in [-0.3, -0.25) is 4.79 Å². The maximum Gasteiger partial charge on any atom is 0.244 e. The normalized spacial score (nSPS) is 13.5. The first-order valence-electron chi connectivity index (χ1n) is 7.12. The van der Waals surface area contributed by atoms with E-state index in [0.29, 0.717) is 6.54 Å². The number of carbonyl (C=O) groups is 1. The van der Waals surface area contributed by atoms with Crippen molar-refractivity contribution in [2.75, 3.05) is 5.73 Å². The summed E-state index contributed by atoms with van der Waals surface area (Å²) in [7, 11) is 0. The number of amides is 1. The van der Waals surface area contributed by atoms with Crippen molar-refractivity contribution in [2.45, 2.75) is 25.8 Å². The van der Waals surface area contributed by atoms with Gasteiger partial charge in [-0.2, -0.15) is 0 Å². The molecule has 0 spiro atoms. The number of nitrogens with two attached hydrogens (primary N) is 1. The number of thiophene rings is 1. The van der Waals surface area contributed by atoms with E-state index in [9.17, 15) is 4.79 Å². The van der Waals surface area contributed by atoms with E-state index in [1.165, 1.54) is 34.6 Å². The number of nitrogens with one attached hydrogen (secondary N) is 1. The Bertz CT molecular complexity index is 649. The highest BCUT2D eigenvalue weighted by atomic mass is 32.1. The molecule has 108 valence electrons. The second-order valence-corrected chi connectivity index (χ2v) is 6.45. The molecule has 0 bridgehead atoms. The van der Waals surface area contributed by atoms with Crippen LogP contribution in [0, 0.1) is 0 Å². The molecule has 1 aliphatic carbocycles. The fraction of sp³-hybridized carbons (Fsp3) is 0.235. The monoisotopic (exact) mass is 298 g/mol. The van der Waals surface area contributed by atoms with Gasteiger partial charge in [-0.1, -0.05) is 12.1 Å². The van der Waals surface area contributed by atoms with Crippen LogP contribution in [0.2, 0.25) is 0 Å². The van der Waals surface area contributed by atoms with E-state index in [0.717, 1.165) is 11.3 Å². The van der Waals surface area contributed by atoms with Gasteiger partial charge in [0.15, 0.2) is 0 Å². The van der Waals surface area contributed by atoms with E-state index in [4.69, 9.17) is 5.73 Å². The molecule has 3 rings (SSSR count). The second kappa shape index (κ2) is 6.14. The summed E-state index contributed by atoms with van der Waals surface area (Å²) in [6.45, 7) is 0.614. The van der Waals surface area contributed by atoms with Gasteiger partial charge in [0.25, 0.3) is 0 Å². The van der Waals surface area contributed by atoms with Gasteiger partial charge in [-0.05, 0) is 54.7 Å². The van der Waals surface area contributed by atoms with Crippen molar-refractivity contribution in [3.05, 3.63) is 57.3 Å². The van der Waals surface area contributed by atoms with Gasteiger partial charge < -0.3 is 11.1 Å². The van der Waals surface area contributed by atoms with Crippen molar-refractivity contribution in [3.8, 4) is 0 Å². The van der Waals surface area contributed by atoms with Crippen molar-refractivity contribution in [1.82, 2.24) is 5.32 Å². The highest BCUT2D eigenvalue weighted by Crippen LogP contribution is 2.30. The number of nitrogen functional groups attached to an aromatic ring is 1. The zero-order valence-electron chi connectivity index (χ0n) is 11.8. The van der Waals surface area contributed by atoms with Gasteiger partial charge in [-0.25, -0.2) is 0 Å². The van der Waals surface area contributed by atoms with E-state index in [1.807, 2.05) is 35.6 Å². The number of benzene rings is 1. The maximum atomic E-state index is 11.8. The van der Waals surface area contributed by atoms with E-state index < -0.39 is 0 Å². The van der Waals surface area contributed by atoms with Crippen molar-refractivity contribution in [3.63, 3.8) is 0 Å². The second-order valence-electron chi connectivity index (χ2n) is 5.23. The van der Waals surface area contributed by atoms with Crippen LogP contribution in [0.3, 0.4) is 0 Å². The van der Waals surface area contributed by atoms with Gasteiger partial charge in [0, 0.05) is 21.5 Å². The Balaban J connectivity index is 1.52. The van der Waals surface area contributed by atoms with Gasteiger partial charge in [0.05, 0.1) is 6.54 Å². The van der Waals surface area contributed by atoms with Crippen LogP contribution in [-0.2, 0) is 24.2 Å². The summed E-state index contributed by atoms with van der Waals surface area (Å²) in [5, 5.41) is 2.93. The van der Waals surface area contributed by atoms with Crippen LogP contribution in [-0.4, -0.2) is 5.91 Å². The molecule has 0 unspecified atom stereocenters. The third kappa shape index (κ3) is 3.52. The van der Waals surface area contributed by atoms with Crippen LogP contribution >= 0.6 is 11.3 Å². The third-order valence-electron chi connectivity index (χ3n) is 3.60. The van der Waals surface area contributed by atoms with Crippen molar-refractivity contribution in [2.24, 2.45) is 0 Å². The lowest BCUT2D eigenvalue weighted by atomic mass is 10.2. The molecule has 1 aromatic heterocycles. The number of fused-ring (bicyclic) bond motifs is 1. The lowest BCUT2D eigenvalue weighted by Crippen LogP contribution is -2.19. The van der Waals surface area contributed by atoms with Crippen LogP contribution in [0.15, 0.2) is 36.4 Å². The first-order chi connectivity index (χ1) is 10.2. The molecule has 1 heterocycles. The fourth-order valence-electron chi connectivity index (χ4n) is 2.49. The molecule has 0 aliphatic heterocycles. The average molecular weight is 298 g/mol. The van der Waals surface area contributed by atoms with E-state index in [2.05, 4.69) is 11.4 Å². The van der Waals surface area contributed by atoms with Crippen molar-refractivity contribution in [1.29, 1.82) is 0 Å². The molecule has 0 radical (unpaired) electrons. The van der Waals surface area contributed by atoms with Crippen LogP contribution in [0.25, 0.3) is 6.08 Å². The average Bonchev–Trinajstić information content (AvgIpc) is 3.05. The summed E-state index contributed by atoms with van der Waals surface area (Å²) < 4.78 is 0. The molecule has 0 atom stereocenters. The standard InChI is InChI=1S/C17H18N2OS/c18-14-7-4-12(5-8-14)6-9-17(20)19-11-15-10-13-2-1-3-16(13)21-15/h4-10H,1-3,11,18H2,(H,19,20)/b9-6+. The quantitative estimate of drug-likeness (QED) is 0.673. The molecule has 3 N–H and O–H groups in total. The molecule has 1 aromatic carbocycles. The summed E-state index contributed by atoms with van der Waals surface area (Å²) >= 11 is 1.83. The predicted octanol–water partition coefficient (Wildman–Crippen LogP) is 3.15. The SMILES string of the molecule is Nc1ccc(/C=C/C(=O)NCc2cc3c(s2)CCC3)cc1. The Hall–Kier alpha value is -2.07. The molecular formula is C17H18N2OS. The number of aryl methyl sites for hydroxylation is 2. The van der Waals surface area contributed by atoms with Crippen molar-refractivity contribution >= 4 is 29.0 Å². The zero-order chi connectivity index (χ0) is 14.7. The van der Waals surface area contributed by atoms with E-state index in [-0.39, 0.29) is 5.91 Å². The van der Waals surface area contributed by atoms with E-state index in [1.54, 1.807) is 12.2 Å². The molecule has 1 amide bonds. The maximum absolute atomic E-state index is 11.8. The first-order valence-corrected chi connectivity index (χ1v) is 7.94. The molecular weight excluding hydrogens is 280 g/mol. The predicted molar refractivity (Wildman–Crippen MR) is 88.1 cm³/mol. The Morgan fingerprint density at radius 2 is 2.10 bits per heavy atom. The Kier molecular flexibility index (Phi) is 4.06. The fourth-order valence-corrected chi connectivity index (χ4v) is 3.69. The first kappa shape index (κ1) is 13.9. The summed E-state index contributed by atoms with van der Waals surface area (Å²) in [6.07, 6.45) is 7.02. The molecule has 0 fully saturated rings. The number of rotatable bonds is 4. The zero-order valence-corrected chi connectivity index (χ0v) is 12.6. The summed E-state index contributed by atoms with van der Waals surface area (Å²) in [5.74, 6) is -0.0691. The Labute approximate surface area is 128 Å². The van der Waals surface area contributed by atoms with E-state index >= 15 is 0 Å². The van der Waals surface area contributed by atoms with Gasteiger partial charge in [0.1, 0.15) is 0 Å². The summed E-state index contributed by atoms with van der Waals surface area (Å²) in [4.78, 5) is 14.6.